The average molecular weight is 495 g/mol. The number of ether oxygens (including phenoxy) is 1. The van der Waals surface area contributed by atoms with Gasteiger partial charge in [0, 0.05) is 18.2 Å². The number of halogens is 1. The molecule has 0 aromatic heterocycles. The van der Waals surface area contributed by atoms with Crippen LogP contribution in [0.4, 0.5) is 15.8 Å². The summed E-state index contributed by atoms with van der Waals surface area (Å²) in [6.45, 7) is 3.18. The lowest BCUT2D eigenvalue weighted by molar-refractivity contribution is -0.146. The van der Waals surface area contributed by atoms with Gasteiger partial charge in [0.25, 0.3) is 5.91 Å². The van der Waals surface area contributed by atoms with E-state index >= 15 is 0 Å². The Morgan fingerprint density at radius 1 is 1.03 bits per heavy atom. The van der Waals surface area contributed by atoms with Crippen LogP contribution in [0, 0.1) is 11.7 Å². The van der Waals surface area contributed by atoms with Crippen molar-refractivity contribution in [2.45, 2.75) is 63.8 Å². The lowest BCUT2D eigenvalue weighted by atomic mass is 9.85. The highest BCUT2D eigenvalue weighted by atomic mass is 19.1. The average Bonchev–Trinajstić information content (AvgIpc) is 3.26. The second-order valence-electron chi connectivity index (χ2n) is 10.2. The third kappa shape index (κ3) is 5.33. The summed E-state index contributed by atoms with van der Waals surface area (Å²) >= 11 is 0. The van der Waals surface area contributed by atoms with Crippen LogP contribution in [0.1, 0.15) is 60.9 Å². The Bertz CT molecular complexity index is 1080. The summed E-state index contributed by atoms with van der Waals surface area (Å²) < 4.78 is 18.3. The van der Waals surface area contributed by atoms with Crippen molar-refractivity contribution in [3.8, 4) is 0 Å². The van der Waals surface area contributed by atoms with Gasteiger partial charge in [0.1, 0.15) is 5.82 Å². The standard InChI is InChI=1S/C28H35FN4O3/c1-36-27(35)21-8-12-23(13-9-21)33-25-17-19(18-32-15-3-2-4-16-32)5-14-24(25)30-28(33)31-26(34)20-6-10-22(29)11-7-20/h5-7,10-11,14,17,21,23,28,30H,2-4,8-9,12-13,15-16,18H2,1H3,(H,31,34)/t21-,23+,28?. The van der Waals surface area contributed by atoms with Crippen LogP contribution in [0.2, 0.25) is 0 Å². The monoisotopic (exact) mass is 494 g/mol. The van der Waals surface area contributed by atoms with Gasteiger partial charge in [-0.05, 0) is 93.6 Å². The number of benzene rings is 2. The van der Waals surface area contributed by atoms with Crippen molar-refractivity contribution in [1.82, 2.24) is 10.2 Å². The number of nitrogens with one attached hydrogen (secondary N) is 2. The number of fused-ring (bicyclic) bond motifs is 1. The number of hydrogen-bond donors (Lipinski definition) is 2. The molecule has 1 saturated heterocycles. The predicted molar refractivity (Wildman–Crippen MR) is 137 cm³/mol. The van der Waals surface area contributed by atoms with E-state index in [2.05, 4.69) is 38.6 Å². The van der Waals surface area contributed by atoms with E-state index in [1.165, 1.54) is 56.2 Å². The second-order valence-corrected chi connectivity index (χ2v) is 10.2. The summed E-state index contributed by atoms with van der Waals surface area (Å²) in [5.74, 6) is -0.845. The van der Waals surface area contributed by atoms with Gasteiger partial charge < -0.3 is 20.3 Å². The molecule has 0 bridgehead atoms. The van der Waals surface area contributed by atoms with Gasteiger partial charge in [0.2, 0.25) is 0 Å². The first-order valence-electron chi connectivity index (χ1n) is 13.1. The molecule has 0 spiro atoms. The van der Waals surface area contributed by atoms with E-state index < -0.39 is 6.29 Å². The molecule has 36 heavy (non-hydrogen) atoms. The maximum Gasteiger partial charge on any atom is 0.308 e. The summed E-state index contributed by atoms with van der Waals surface area (Å²) in [7, 11) is 1.44. The Morgan fingerprint density at radius 2 is 1.75 bits per heavy atom. The van der Waals surface area contributed by atoms with Crippen molar-refractivity contribution in [3.63, 3.8) is 0 Å². The molecule has 1 amide bonds. The number of piperidine rings is 1. The van der Waals surface area contributed by atoms with Crippen molar-refractivity contribution in [1.29, 1.82) is 0 Å². The summed E-state index contributed by atoms with van der Waals surface area (Å²) in [6, 6.07) is 12.3. The largest absolute Gasteiger partial charge is 0.469 e. The van der Waals surface area contributed by atoms with Crippen molar-refractivity contribution >= 4 is 23.3 Å². The van der Waals surface area contributed by atoms with E-state index in [0.29, 0.717) is 5.56 Å². The Labute approximate surface area is 212 Å². The Morgan fingerprint density at radius 3 is 2.44 bits per heavy atom. The van der Waals surface area contributed by atoms with Crippen LogP contribution in [-0.2, 0) is 16.1 Å². The highest BCUT2D eigenvalue weighted by molar-refractivity contribution is 5.95. The third-order valence-corrected chi connectivity index (χ3v) is 7.76. The Kier molecular flexibility index (Phi) is 7.41. The quantitative estimate of drug-likeness (QED) is 0.577. The van der Waals surface area contributed by atoms with Crippen molar-refractivity contribution in [2.75, 3.05) is 30.4 Å². The van der Waals surface area contributed by atoms with Crippen molar-refractivity contribution in [3.05, 3.63) is 59.4 Å². The molecular weight excluding hydrogens is 459 g/mol. The number of nitrogens with zero attached hydrogens (tertiary/aromatic N) is 2. The van der Waals surface area contributed by atoms with E-state index in [-0.39, 0.29) is 29.7 Å². The first-order chi connectivity index (χ1) is 17.5. The second kappa shape index (κ2) is 10.9. The zero-order chi connectivity index (χ0) is 25.1. The minimum absolute atomic E-state index is 0.0704. The molecule has 2 aliphatic heterocycles. The number of hydrogen-bond acceptors (Lipinski definition) is 6. The highest BCUT2D eigenvalue weighted by Crippen LogP contribution is 2.40. The molecule has 1 atom stereocenters. The lowest BCUT2D eigenvalue weighted by Gasteiger charge is -2.38. The molecule has 5 rings (SSSR count). The number of amides is 1. The van der Waals surface area contributed by atoms with Crippen LogP contribution in [0.5, 0.6) is 0 Å². The van der Waals surface area contributed by atoms with E-state index in [4.69, 9.17) is 4.74 Å². The van der Waals surface area contributed by atoms with Gasteiger partial charge in [-0.25, -0.2) is 4.39 Å². The molecule has 2 fully saturated rings. The topological polar surface area (TPSA) is 73.9 Å². The Balaban J connectivity index is 1.37. The zero-order valence-corrected chi connectivity index (χ0v) is 20.8. The molecule has 8 heteroatoms. The van der Waals surface area contributed by atoms with E-state index in [0.717, 1.165) is 56.7 Å². The van der Waals surface area contributed by atoms with Crippen LogP contribution in [0.15, 0.2) is 42.5 Å². The van der Waals surface area contributed by atoms with Crippen LogP contribution in [0.25, 0.3) is 0 Å². The number of anilines is 2. The molecule has 3 aliphatic rings. The van der Waals surface area contributed by atoms with Crippen molar-refractivity contribution in [2.24, 2.45) is 5.92 Å². The highest BCUT2D eigenvalue weighted by Gasteiger charge is 2.38. The molecule has 0 radical (unpaired) electrons. The van der Waals surface area contributed by atoms with Gasteiger partial charge in [-0.15, -0.1) is 0 Å². The molecular formula is C28H35FN4O3. The van der Waals surface area contributed by atoms with E-state index in [9.17, 15) is 14.0 Å². The van der Waals surface area contributed by atoms with Gasteiger partial charge in [0.15, 0.2) is 6.29 Å². The zero-order valence-electron chi connectivity index (χ0n) is 20.8. The van der Waals surface area contributed by atoms with Crippen LogP contribution >= 0.6 is 0 Å². The lowest BCUT2D eigenvalue weighted by Crippen LogP contribution is -2.54. The summed E-state index contributed by atoms with van der Waals surface area (Å²) in [6.07, 6.45) is 6.56. The molecule has 2 heterocycles. The Hall–Kier alpha value is -3.13. The first kappa shape index (κ1) is 24.6. The molecule has 1 aliphatic carbocycles. The van der Waals surface area contributed by atoms with Crippen molar-refractivity contribution < 1.29 is 18.7 Å². The predicted octanol–water partition coefficient (Wildman–Crippen LogP) is 4.49. The first-order valence-corrected chi connectivity index (χ1v) is 13.1. The van der Waals surface area contributed by atoms with E-state index in [1.54, 1.807) is 0 Å². The minimum atomic E-state index is -0.428. The number of likely N-dealkylation sites (tertiary alicyclic amines) is 1. The van der Waals surface area contributed by atoms with Crippen LogP contribution in [-0.4, -0.2) is 49.3 Å². The van der Waals surface area contributed by atoms with Gasteiger partial charge in [-0.1, -0.05) is 12.5 Å². The fourth-order valence-corrected chi connectivity index (χ4v) is 5.82. The van der Waals surface area contributed by atoms with Crippen LogP contribution in [0.3, 0.4) is 0 Å². The van der Waals surface area contributed by atoms with Gasteiger partial charge in [-0.2, -0.15) is 0 Å². The summed E-state index contributed by atoms with van der Waals surface area (Å²) in [5, 5.41) is 6.59. The maximum absolute atomic E-state index is 13.4. The normalized spacial score (nSPS) is 24.1. The molecule has 7 nitrogen and oxygen atoms in total. The molecule has 2 N–H and O–H groups in total. The summed E-state index contributed by atoms with van der Waals surface area (Å²) in [5.41, 5.74) is 3.73. The SMILES string of the molecule is COC(=O)[C@H]1CC[C@@H](N2c3cc(CN4CCCCC4)ccc3NC2NC(=O)c2ccc(F)cc2)CC1. The minimum Gasteiger partial charge on any atom is -0.469 e. The number of rotatable bonds is 6. The number of carbonyl (C=O) groups is 2. The third-order valence-electron chi connectivity index (χ3n) is 7.76. The molecule has 2 aromatic carbocycles. The molecule has 2 aromatic rings. The molecule has 1 saturated carbocycles. The number of esters is 1. The number of methoxy groups -OCH3 is 1. The van der Waals surface area contributed by atoms with Gasteiger partial charge >= 0.3 is 5.97 Å². The fraction of sp³-hybridized carbons (Fsp3) is 0.500. The fourth-order valence-electron chi connectivity index (χ4n) is 5.82. The smallest absolute Gasteiger partial charge is 0.308 e. The molecule has 1 unspecified atom stereocenters. The summed E-state index contributed by atoms with van der Waals surface area (Å²) in [4.78, 5) is 29.9. The maximum atomic E-state index is 13.4. The number of carbonyl (C=O) groups excluding carboxylic acids is 2. The van der Waals surface area contributed by atoms with Crippen LogP contribution < -0.4 is 15.5 Å². The van der Waals surface area contributed by atoms with Gasteiger partial charge in [-0.3, -0.25) is 14.5 Å². The van der Waals surface area contributed by atoms with E-state index in [1.807, 2.05) is 0 Å². The van der Waals surface area contributed by atoms with Gasteiger partial charge in [0.05, 0.1) is 24.4 Å². The molecule has 192 valence electrons.